The summed E-state index contributed by atoms with van der Waals surface area (Å²) >= 11 is 0. The highest BCUT2D eigenvalue weighted by molar-refractivity contribution is 6.02. The number of carbonyl (C=O) groups excluding carboxylic acids is 1. The molecule has 0 aliphatic rings. The molecule has 4 rings (SSSR count). The number of halogens is 1. The zero-order chi connectivity index (χ0) is 24.6. The lowest BCUT2D eigenvalue weighted by Crippen LogP contribution is -2.08. The summed E-state index contributed by atoms with van der Waals surface area (Å²) in [6, 6.07) is 20.2. The van der Waals surface area contributed by atoms with E-state index < -0.39 is 11.7 Å². The number of nitrogens with one attached hydrogen (secondary N) is 1. The van der Waals surface area contributed by atoms with Gasteiger partial charge in [0.2, 0.25) is 5.91 Å². The van der Waals surface area contributed by atoms with Gasteiger partial charge in [-0.2, -0.15) is 0 Å². The molecule has 0 aliphatic carbocycles. The van der Waals surface area contributed by atoms with E-state index in [1.807, 2.05) is 43.3 Å². The maximum atomic E-state index is 13.6. The summed E-state index contributed by atoms with van der Waals surface area (Å²) in [7, 11) is 0. The number of hydrogen-bond donors (Lipinski definition) is 1. The molecule has 0 atom stereocenters. The standard InChI is InChI=1S/C28H24FNO5/c1-19-17-28(32)35-26-18-22(12-13-23(19)26)34-16-4-15-33-21-10-7-20(8-11-21)9-14-27(31)30-25-6-3-2-5-24(25)29/h2-3,5-14,17-18H,4,15-16H2,1H3,(H,30,31)/b14-9+. The summed E-state index contributed by atoms with van der Waals surface area (Å²) in [6.45, 7) is 2.77. The van der Waals surface area contributed by atoms with E-state index in [4.69, 9.17) is 13.9 Å². The van der Waals surface area contributed by atoms with Crippen molar-refractivity contribution in [2.24, 2.45) is 0 Å². The Morgan fingerprint density at radius 2 is 1.69 bits per heavy atom. The van der Waals surface area contributed by atoms with Crippen molar-refractivity contribution in [3.8, 4) is 11.5 Å². The zero-order valence-corrected chi connectivity index (χ0v) is 19.1. The molecule has 0 aliphatic heterocycles. The maximum absolute atomic E-state index is 13.6. The molecular formula is C28H24FNO5. The Hall–Kier alpha value is -4.39. The van der Waals surface area contributed by atoms with Crippen LogP contribution < -0.4 is 20.4 Å². The zero-order valence-electron chi connectivity index (χ0n) is 19.1. The van der Waals surface area contributed by atoms with E-state index in [0.717, 1.165) is 16.5 Å². The molecule has 0 saturated carbocycles. The molecule has 0 unspecified atom stereocenters. The predicted octanol–water partition coefficient (Wildman–Crippen LogP) is 5.74. The van der Waals surface area contributed by atoms with Gasteiger partial charge in [-0.25, -0.2) is 9.18 Å². The van der Waals surface area contributed by atoms with Crippen LogP contribution in [-0.4, -0.2) is 19.1 Å². The molecule has 1 aromatic heterocycles. The number of ether oxygens (including phenoxy) is 2. The predicted molar refractivity (Wildman–Crippen MR) is 133 cm³/mol. The van der Waals surface area contributed by atoms with E-state index in [1.165, 1.54) is 24.3 Å². The van der Waals surface area contributed by atoms with Crippen LogP contribution in [0.15, 0.2) is 88.1 Å². The van der Waals surface area contributed by atoms with Crippen molar-refractivity contribution in [2.45, 2.75) is 13.3 Å². The third-order valence-electron chi connectivity index (χ3n) is 5.19. The van der Waals surface area contributed by atoms with Gasteiger partial charge < -0.3 is 19.2 Å². The molecule has 178 valence electrons. The first kappa shape index (κ1) is 23.8. The van der Waals surface area contributed by atoms with Crippen LogP contribution >= 0.6 is 0 Å². The molecule has 1 heterocycles. The van der Waals surface area contributed by atoms with Crippen molar-refractivity contribution in [2.75, 3.05) is 18.5 Å². The first-order valence-electron chi connectivity index (χ1n) is 11.1. The lowest BCUT2D eigenvalue weighted by molar-refractivity contribution is -0.111. The monoisotopic (exact) mass is 473 g/mol. The minimum atomic E-state index is -0.484. The molecule has 0 radical (unpaired) electrons. The Bertz CT molecular complexity index is 1410. The van der Waals surface area contributed by atoms with Crippen LogP contribution in [0.25, 0.3) is 17.0 Å². The van der Waals surface area contributed by atoms with Crippen LogP contribution in [0.2, 0.25) is 0 Å². The van der Waals surface area contributed by atoms with Crippen LogP contribution in [-0.2, 0) is 4.79 Å². The van der Waals surface area contributed by atoms with Gasteiger partial charge in [-0.05, 0) is 60.5 Å². The van der Waals surface area contributed by atoms with Gasteiger partial charge in [-0.15, -0.1) is 0 Å². The normalized spacial score (nSPS) is 11.0. The van der Waals surface area contributed by atoms with Gasteiger partial charge in [-0.3, -0.25) is 4.79 Å². The van der Waals surface area contributed by atoms with E-state index in [-0.39, 0.29) is 11.3 Å². The van der Waals surface area contributed by atoms with E-state index in [9.17, 15) is 14.0 Å². The number of hydrogen-bond acceptors (Lipinski definition) is 5. The number of rotatable bonds is 9. The molecule has 7 heteroatoms. The van der Waals surface area contributed by atoms with Crippen molar-refractivity contribution in [1.82, 2.24) is 0 Å². The van der Waals surface area contributed by atoms with E-state index in [2.05, 4.69) is 5.32 Å². The summed E-state index contributed by atoms with van der Waals surface area (Å²) in [5.41, 5.74) is 1.93. The summed E-state index contributed by atoms with van der Waals surface area (Å²) in [5.74, 6) is 0.420. The minimum absolute atomic E-state index is 0.136. The Labute approximate surface area is 201 Å². The number of fused-ring (bicyclic) bond motifs is 1. The molecular weight excluding hydrogens is 449 g/mol. The van der Waals surface area contributed by atoms with E-state index >= 15 is 0 Å². The van der Waals surface area contributed by atoms with Crippen molar-refractivity contribution in [3.63, 3.8) is 0 Å². The largest absolute Gasteiger partial charge is 0.493 e. The lowest BCUT2D eigenvalue weighted by atomic mass is 10.1. The fraction of sp³-hybridized carbons (Fsp3) is 0.143. The van der Waals surface area contributed by atoms with Gasteiger partial charge >= 0.3 is 5.63 Å². The Morgan fingerprint density at radius 3 is 2.46 bits per heavy atom. The van der Waals surface area contributed by atoms with E-state index in [0.29, 0.717) is 36.7 Å². The minimum Gasteiger partial charge on any atom is -0.493 e. The highest BCUT2D eigenvalue weighted by Crippen LogP contribution is 2.22. The topological polar surface area (TPSA) is 77.8 Å². The van der Waals surface area contributed by atoms with Crippen LogP contribution in [0.1, 0.15) is 17.5 Å². The number of benzene rings is 3. The summed E-state index contributed by atoms with van der Waals surface area (Å²) in [4.78, 5) is 23.5. The third kappa shape index (κ3) is 6.57. The molecule has 1 amide bonds. The average molecular weight is 474 g/mol. The van der Waals surface area contributed by atoms with Crippen molar-refractivity contribution >= 4 is 28.6 Å². The summed E-state index contributed by atoms with van der Waals surface area (Å²) < 4.78 is 30.3. The number of aryl methyl sites for hydroxylation is 1. The van der Waals surface area contributed by atoms with Crippen LogP contribution in [0.5, 0.6) is 11.5 Å². The van der Waals surface area contributed by atoms with Crippen LogP contribution in [0.4, 0.5) is 10.1 Å². The molecule has 0 bridgehead atoms. The van der Waals surface area contributed by atoms with Gasteiger partial charge in [0.05, 0.1) is 18.9 Å². The first-order valence-corrected chi connectivity index (χ1v) is 11.1. The van der Waals surface area contributed by atoms with Crippen LogP contribution in [0, 0.1) is 12.7 Å². The lowest BCUT2D eigenvalue weighted by Gasteiger charge is -2.09. The highest BCUT2D eigenvalue weighted by Gasteiger charge is 2.05. The molecule has 4 aromatic rings. The summed E-state index contributed by atoms with van der Waals surface area (Å²) in [5, 5.41) is 3.38. The van der Waals surface area contributed by atoms with Gasteiger partial charge in [-0.1, -0.05) is 24.3 Å². The number of para-hydroxylation sites is 1. The van der Waals surface area contributed by atoms with Crippen molar-refractivity contribution in [3.05, 3.63) is 106 Å². The fourth-order valence-electron chi connectivity index (χ4n) is 3.42. The van der Waals surface area contributed by atoms with Gasteiger partial charge in [0.15, 0.2) is 0 Å². The molecule has 6 nitrogen and oxygen atoms in total. The fourth-order valence-corrected chi connectivity index (χ4v) is 3.42. The smallest absolute Gasteiger partial charge is 0.336 e. The Balaban J connectivity index is 1.20. The van der Waals surface area contributed by atoms with Crippen molar-refractivity contribution < 1.29 is 23.1 Å². The Morgan fingerprint density at radius 1 is 0.971 bits per heavy atom. The molecule has 3 aromatic carbocycles. The van der Waals surface area contributed by atoms with Gasteiger partial charge in [0.25, 0.3) is 0 Å². The second-order valence-electron chi connectivity index (χ2n) is 7.83. The summed E-state index contributed by atoms with van der Waals surface area (Å²) in [6.07, 6.45) is 3.65. The van der Waals surface area contributed by atoms with Crippen LogP contribution in [0.3, 0.4) is 0 Å². The SMILES string of the molecule is Cc1cc(=O)oc2cc(OCCCOc3ccc(/C=C/C(=O)Nc4ccccc4F)cc3)ccc12. The number of anilines is 1. The molecule has 35 heavy (non-hydrogen) atoms. The maximum Gasteiger partial charge on any atom is 0.336 e. The quantitative estimate of drug-likeness (QED) is 0.191. The van der Waals surface area contributed by atoms with Crippen molar-refractivity contribution in [1.29, 1.82) is 0 Å². The highest BCUT2D eigenvalue weighted by atomic mass is 19.1. The molecule has 0 fully saturated rings. The van der Waals surface area contributed by atoms with E-state index in [1.54, 1.807) is 24.3 Å². The Kier molecular flexibility index (Phi) is 7.57. The first-order chi connectivity index (χ1) is 17.0. The average Bonchev–Trinajstić information content (AvgIpc) is 2.84. The number of amides is 1. The second-order valence-corrected chi connectivity index (χ2v) is 7.83. The molecule has 1 N–H and O–H groups in total. The molecule has 0 spiro atoms. The number of carbonyl (C=O) groups is 1. The van der Waals surface area contributed by atoms with Gasteiger partial charge in [0.1, 0.15) is 22.9 Å². The molecule has 0 saturated heterocycles. The third-order valence-corrected chi connectivity index (χ3v) is 5.19. The second kappa shape index (κ2) is 11.2. The van der Waals surface area contributed by atoms with Gasteiger partial charge in [0, 0.05) is 30.0 Å².